The molecule has 0 saturated heterocycles. The molecule has 1 heterocycles. The predicted molar refractivity (Wildman–Crippen MR) is 45.6 cm³/mol. The maximum Gasteiger partial charge on any atom is 0.284 e. The van der Waals surface area contributed by atoms with Crippen LogP contribution in [-0.2, 0) is 4.79 Å². The van der Waals surface area contributed by atoms with Crippen molar-refractivity contribution < 1.29 is 14.4 Å². The van der Waals surface area contributed by atoms with E-state index in [-0.39, 0.29) is 11.1 Å². The lowest BCUT2D eigenvalue weighted by atomic mass is 10.1. The van der Waals surface area contributed by atoms with Crippen LogP contribution in [0.5, 0.6) is 0 Å². The van der Waals surface area contributed by atoms with Crippen LogP contribution in [0.4, 0.5) is 0 Å². The van der Waals surface area contributed by atoms with Gasteiger partial charge in [-0.3, -0.25) is 4.79 Å². The third-order valence-corrected chi connectivity index (χ3v) is 1.60. The molecule has 0 aliphatic rings. The Balaban J connectivity index is 3.33. The summed E-state index contributed by atoms with van der Waals surface area (Å²) >= 11 is 0. The quantitative estimate of drug-likeness (QED) is 0.397. The number of nitriles is 1. The van der Waals surface area contributed by atoms with Crippen LogP contribution in [0.3, 0.4) is 0 Å². The molecule has 1 aromatic heterocycles. The summed E-state index contributed by atoms with van der Waals surface area (Å²) in [5.41, 5.74) is 4.83. The Hall–Kier alpha value is -2.29. The molecule has 14 heavy (non-hydrogen) atoms. The van der Waals surface area contributed by atoms with E-state index in [2.05, 4.69) is 9.68 Å². The smallest absolute Gasteiger partial charge is 0.284 e. The van der Waals surface area contributed by atoms with Gasteiger partial charge in [0.1, 0.15) is 17.4 Å². The lowest BCUT2D eigenvalue weighted by molar-refractivity contribution is -0.116. The minimum atomic E-state index is -1.07. The number of amides is 1. The molecule has 1 rings (SSSR count). The lowest BCUT2D eigenvalue weighted by Crippen LogP contribution is -2.15. The summed E-state index contributed by atoms with van der Waals surface area (Å²) in [6, 6.07) is 1.66. The predicted octanol–water partition coefficient (Wildman–Crippen LogP) is 0.261. The van der Waals surface area contributed by atoms with Crippen molar-refractivity contribution in [2.24, 2.45) is 5.73 Å². The van der Waals surface area contributed by atoms with Gasteiger partial charge in [-0.15, -0.1) is 0 Å². The number of nitrogens with zero attached hydrogens (tertiary/aromatic N) is 2. The maximum atomic E-state index is 10.6. The molecule has 0 radical (unpaired) electrons. The molecule has 0 atom stereocenters. The number of rotatable bonds is 2. The van der Waals surface area contributed by atoms with Crippen molar-refractivity contribution in [3.8, 4) is 6.07 Å². The Morgan fingerprint density at radius 1 is 1.79 bits per heavy atom. The summed E-state index contributed by atoms with van der Waals surface area (Å²) in [7, 11) is 0. The van der Waals surface area contributed by atoms with Crippen molar-refractivity contribution >= 4 is 11.5 Å². The van der Waals surface area contributed by atoms with Gasteiger partial charge < -0.3 is 15.4 Å². The zero-order valence-electron chi connectivity index (χ0n) is 7.31. The van der Waals surface area contributed by atoms with E-state index in [4.69, 9.17) is 11.0 Å². The Morgan fingerprint density at radius 3 is 2.79 bits per heavy atom. The van der Waals surface area contributed by atoms with Crippen LogP contribution >= 0.6 is 0 Å². The molecule has 0 aromatic carbocycles. The van der Waals surface area contributed by atoms with E-state index in [0.717, 1.165) is 0 Å². The van der Waals surface area contributed by atoms with Crippen molar-refractivity contribution in [3.63, 3.8) is 0 Å². The van der Waals surface area contributed by atoms with Crippen LogP contribution in [0.1, 0.15) is 11.3 Å². The molecule has 6 nitrogen and oxygen atoms in total. The van der Waals surface area contributed by atoms with Gasteiger partial charge in [-0.2, -0.15) is 5.26 Å². The van der Waals surface area contributed by atoms with Gasteiger partial charge in [0.2, 0.25) is 0 Å². The molecular weight excluding hydrogens is 186 g/mol. The van der Waals surface area contributed by atoms with Crippen LogP contribution in [0.25, 0.3) is 5.57 Å². The standard InChI is InChI=1S/C8H7N3O3/c1-4-6(3-11-14-4)5(2-9)7(12)8(10)13/h3,12H,1H3,(H2,10,13). The number of carbonyl (C=O) groups excluding carboxylic acids is 1. The van der Waals surface area contributed by atoms with Crippen LogP contribution in [0.15, 0.2) is 16.5 Å². The Kier molecular flexibility index (Phi) is 2.53. The van der Waals surface area contributed by atoms with E-state index in [1.165, 1.54) is 6.20 Å². The average Bonchev–Trinajstić information content (AvgIpc) is 2.53. The first-order valence-corrected chi connectivity index (χ1v) is 3.62. The van der Waals surface area contributed by atoms with Gasteiger partial charge in [0.15, 0.2) is 5.76 Å². The second-order valence-electron chi connectivity index (χ2n) is 2.50. The average molecular weight is 193 g/mol. The summed E-state index contributed by atoms with van der Waals surface area (Å²) < 4.78 is 4.68. The number of aliphatic hydroxyl groups is 1. The van der Waals surface area contributed by atoms with E-state index in [1.807, 2.05) is 0 Å². The Bertz CT molecular complexity index is 439. The van der Waals surface area contributed by atoms with Crippen molar-refractivity contribution in [1.29, 1.82) is 5.26 Å². The van der Waals surface area contributed by atoms with E-state index in [0.29, 0.717) is 5.76 Å². The highest BCUT2D eigenvalue weighted by Gasteiger charge is 2.17. The normalized spacial score (nSPS) is 11.7. The maximum absolute atomic E-state index is 10.6. The fourth-order valence-corrected chi connectivity index (χ4v) is 0.903. The fraction of sp³-hybridized carbons (Fsp3) is 0.125. The molecule has 6 heteroatoms. The molecular formula is C8H7N3O3. The zero-order valence-corrected chi connectivity index (χ0v) is 7.31. The fourth-order valence-electron chi connectivity index (χ4n) is 0.903. The van der Waals surface area contributed by atoms with Crippen molar-refractivity contribution in [3.05, 3.63) is 23.3 Å². The van der Waals surface area contributed by atoms with E-state index >= 15 is 0 Å². The highest BCUT2D eigenvalue weighted by molar-refractivity contribution is 6.00. The third kappa shape index (κ3) is 1.56. The number of hydrogen-bond donors (Lipinski definition) is 2. The van der Waals surface area contributed by atoms with Crippen molar-refractivity contribution in [2.45, 2.75) is 6.92 Å². The Labute approximate surface area is 79.2 Å². The largest absolute Gasteiger partial charge is 0.502 e. The summed E-state index contributed by atoms with van der Waals surface area (Å²) in [6.45, 7) is 1.55. The number of aryl methyl sites for hydroxylation is 1. The molecule has 1 amide bonds. The zero-order chi connectivity index (χ0) is 10.7. The SMILES string of the molecule is Cc1oncc1C(C#N)=C(O)C(N)=O. The number of aliphatic hydroxyl groups excluding tert-OH is 1. The van der Waals surface area contributed by atoms with Gasteiger partial charge in [0, 0.05) is 0 Å². The first kappa shape index (κ1) is 9.80. The lowest BCUT2D eigenvalue weighted by Gasteiger charge is -1.97. The topological polar surface area (TPSA) is 113 Å². The van der Waals surface area contributed by atoms with E-state index in [1.54, 1.807) is 13.0 Å². The summed E-state index contributed by atoms with van der Waals surface area (Å²) in [5.74, 6) is -1.53. The van der Waals surface area contributed by atoms with Gasteiger partial charge in [-0.1, -0.05) is 5.16 Å². The van der Waals surface area contributed by atoms with Crippen LogP contribution < -0.4 is 5.73 Å². The number of aromatic nitrogens is 1. The number of nitrogens with two attached hydrogens (primary N) is 1. The molecule has 0 spiro atoms. The molecule has 0 bridgehead atoms. The van der Waals surface area contributed by atoms with Gasteiger partial charge >= 0.3 is 0 Å². The number of primary amides is 1. The summed E-state index contributed by atoms with van der Waals surface area (Å²) in [6.07, 6.45) is 1.23. The first-order valence-electron chi connectivity index (χ1n) is 3.62. The summed E-state index contributed by atoms with van der Waals surface area (Å²) in [5, 5.41) is 21.3. The molecule has 3 N–H and O–H groups in total. The minimum absolute atomic E-state index is 0.240. The molecule has 72 valence electrons. The van der Waals surface area contributed by atoms with Crippen LogP contribution in [0, 0.1) is 18.3 Å². The minimum Gasteiger partial charge on any atom is -0.502 e. The van der Waals surface area contributed by atoms with Gasteiger partial charge in [0.05, 0.1) is 11.8 Å². The second-order valence-corrected chi connectivity index (χ2v) is 2.50. The second kappa shape index (κ2) is 3.62. The highest BCUT2D eigenvalue weighted by atomic mass is 16.5. The number of hydrogen-bond acceptors (Lipinski definition) is 5. The van der Waals surface area contributed by atoms with Crippen molar-refractivity contribution in [2.75, 3.05) is 0 Å². The van der Waals surface area contributed by atoms with Gasteiger partial charge in [0.25, 0.3) is 5.91 Å². The first-order chi connectivity index (χ1) is 6.57. The van der Waals surface area contributed by atoms with Crippen molar-refractivity contribution in [1.82, 2.24) is 5.16 Å². The van der Waals surface area contributed by atoms with Gasteiger partial charge in [-0.25, -0.2) is 0 Å². The Morgan fingerprint density at radius 2 is 2.43 bits per heavy atom. The monoisotopic (exact) mass is 193 g/mol. The van der Waals surface area contributed by atoms with E-state index in [9.17, 15) is 9.90 Å². The number of carbonyl (C=O) groups is 1. The van der Waals surface area contributed by atoms with Crippen LogP contribution in [0.2, 0.25) is 0 Å². The van der Waals surface area contributed by atoms with Gasteiger partial charge in [-0.05, 0) is 6.92 Å². The highest BCUT2D eigenvalue weighted by Crippen LogP contribution is 2.19. The molecule has 0 unspecified atom stereocenters. The number of allylic oxidation sites excluding steroid dienone is 1. The molecule has 0 aliphatic carbocycles. The van der Waals surface area contributed by atoms with Crippen LogP contribution in [-0.4, -0.2) is 16.2 Å². The summed E-state index contributed by atoms with van der Waals surface area (Å²) in [4.78, 5) is 10.6. The molecule has 0 aliphatic heterocycles. The van der Waals surface area contributed by atoms with E-state index < -0.39 is 11.7 Å². The molecule has 0 fully saturated rings. The third-order valence-electron chi connectivity index (χ3n) is 1.60. The molecule has 0 saturated carbocycles. The molecule has 1 aromatic rings.